The van der Waals surface area contributed by atoms with E-state index in [0.717, 1.165) is 17.8 Å². The average Bonchev–Trinajstić information content (AvgIpc) is 2.18. The molecule has 3 N–H and O–H groups in total. The smallest absolute Gasteiger partial charge is 0.0549 e. The molecule has 14 heavy (non-hydrogen) atoms. The van der Waals surface area contributed by atoms with Crippen LogP contribution in [0.3, 0.4) is 0 Å². The molecule has 78 valence electrons. The summed E-state index contributed by atoms with van der Waals surface area (Å²) >= 11 is 0. The molecule has 0 aliphatic rings. The lowest BCUT2D eigenvalue weighted by Gasteiger charge is -2.14. The first-order valence-electron chi connectivity index (χ1n) is 4.76. The van der Waals surface area contributed by atoms with Crippen LogP contribution in [-0.4, -0.2) is 29.8 Å². The van der Waals surface area contributed by atoms with E-state index in [2.05, 4.69) is 15.6 Å². The standard InChI is InChI=1S/C10H17N3O/c1-8(3-4-14)13-10-5-9(11-2)6-12-7-10/h5-8,11,13-14H,3-4H2,1-2H3. The molecule has 0 aromatic carbocycles. The number of nitrogens with zero attached hydrogens (tertiary/aromatic N) is 1. The van der Waals surface area contributed by atoms with E-state index in [0.29, 0.717) is 0 Å². The molecule has 0 aliphatic heterocycles. The monoisotopic (exact) mass is 195 g/mol. The van der Waals surface area contributed by atoms with Crippen LogP contribution in [-0.2, 0) is 0 Å². The highest BCUT2D eigenvalue weighted by Gasteiger charge is 2.01. The van der Waals surface area contributed by atoms with Crippen molar-refractivity contribution in [3.63, 3.8) is 0 Å². The molecule has 4 heteroatoms. The Hall–Kier alpha value is -1.29. The van der Waals surface area contributed by atoms with Gasteiger partial charge in [-0.2, -0.15) is 0 Å². The zero-order chi connectivity index (χ0) is 10.4. The van der Waals surface area contributed by atoms with Crippen LogP contribution in [0.1, 0.15) is 13.3 Å². The van der Waals surface area contributed by atoms with Crippen molar-refractivity contribution >= 4 is 11.4 Å². The third-order valence-corrected chi connectivity index (χ3v) is 2.00. The summed E-state index contributed by atoms with van der Waals surface area (Å²) in [6.07, 6.45) is 4.28. The average molecular weight is 195 g/mol. The van der Waals surface area contributed by atoms with Gasteiger partial charge < -0.3 is 15.7 Å². The summed E-state index contributed by atoms with van der Waals surface area (Å²) < 4.78 is 0. The van der Waals surface area contributed by atoms with Gasteiger partial charge in [0.15, 0.2) is 0 Å². The third-order valence-electron chi connectivity index (χ3n) is 2.00. The second-order valence-electron chi connectivity index (χ2n) is 3.27. The number of pyridine rings is 1. The molecule has 0 bridgehead atoms. The van der Waals surface area contributed by atoms with E-state index in [1.807, 2.05) is 20.0 Å². The maximum atomic E-state index is 8.75. The van der Waals surface area contributed by atoms with Gasteiger partial charge in [0.2, 0.25) is 0 Å². The molecule has 0 spiro atoms. The van der Waals surface area contributed by atoms with Crippen molar-refractivity contribution < 1.29 is 5.11 Å². The van der Waals surface area contributed by atoms with Crippen LogP contribution in [0, 0.1) is 0 Å². The summed E-state index contributed by atoms with van der Waals surface area (Å²) in [6, 6.07) is 2.25. The Morgan fingerprint density at radius 1 is 1.43 bits per heavy atom. The maximum Gasteiger partial charge on any atom is 0.0549 e. The minimum absolute atomic E-state index is 0.202. The first kappa shape index (κ1) is 10.8. The number of aliphatic hydroxyl groups is 1. The summed E-state index contributed by atoms with van der Waals surface area (Å²) in [5.74, 6) is 0. The molecule has 4 nitrogen and oxygen atoms in total. The molecule has 0 amide bonds. The Balaban J connectivity index is 2.57. The van der Waals surface area contributed by atoms with Crippen LogP contribution in [0.4, 0.5) is 11.4 Å². The lowest BCUT2D eigenvalue weighted by Crippen LogP contribution is -2.16. The van der Waals surface area contributed by atoms with Gasteiger partial charge in [0.05, 0.1) is 23.8 Å². The molecule has 1 heterocycles. The minimum atomic E-state index is 0.202. The van der Waals surface area contributed by atoms with E-state index in [1.54, 1.807) is 12.4 Å². The first-order chi connectivity index (χ1) is 6.76. The molecule has 0 fully saturated rings. The minimum Gasteiger partial charge on any atom is -0.396 e. The Bertz CT molecular complexity index is 278. The Labute approximate surface area is 84.4 Å². The summed E-state index contributed by atoms with van der Waals surface area (Å²) in [6.45, 7) is 2.23. The zero-order valence-corrected chi connectivity index (χ0v) is 8.62. The van der Waals surface area contributed by atoms with Crippen LogP contribution in [0.5, 0.6) is 0 Å². The Morgan fingerprint density at radius 2 is 2.14 bits per heavy atom. The molecule has 1 aromatic rings. The molecule has 0 saturated carbocycles. The van der Waals surface area contributed by atoms with Gasteiger partial charge in [0.25, 0.3) is 0 Å². The fourth-order valence-corrected chi connectivity index (χ4v) is 1.21. The number of aliphatic hydroxyl groups excluding tert-OH is 1. The molecule has 0 aliphatic carbocycles. The number of nitrogens with one attached hydrogen (secondary N) is 2. The summed E-state index contributed by atoms with van der Waals surface area (Å²) in [5, 5.41) is 15.0. The fourth-order valence-electron chi connectivity index (χ4n) is 1.21. The molecule has 1 aromatic heterocycles. The van der Waals surface area contributed by atoms with Gasteiger partial charge in [-0.3, -0.25) is 4.98 Å². The maximum absolute atomic E-state index is 8.75. The Morgan fingerprint density at radius 3 is 2.79 bits per heavy atom. The predicted octanol–water partition coefficient (Wildman–Crippen LogP) is 1.31. The zero-order valence-electron chi connectivity index (χ0n) is 8.62. The highest BCUT2D eigenvalue weighted by atomic mass is 16.3. The topological polar surface area (TPSA) is 57.2 Å². The van der Waals surface area contributed by atoms with E-state index in [1.165, 1.54) is 0 Å². The quantitative estimate of drug-likeness (QED) is 0.663. The van der Waals surface area contributed by atoms with E-state index < -0.39 is 0 Å². The van der Waals surface area contributed by atoms with Gasteiger partial charge in [-0.15, -0.1) is 0 Å². The van der Waals surface area contributed by atoms with E-state index in [-0.39, 0.29) is 12.6 Å². The van der Waals surface area contributed by atoms with Gasteiger partial charge in [-0.05, 0) is 19.4 Å². The SMILES string of the molecule is CNc1cncc(NC(C)CCO)c1. The number of hydrogen-bond acceptors (Lipinski definition) is 4. The summed E-state index contributed by atoms with van der Waals surface area (Å²) in [4.78, 5) is 4.08. The molecule has 1 rings (SSSR count). The van der Waals surface area contributed by atoms with Gasteiger partial charge in [0.1, 0.15) is 0 Å². The number of hydrogen-bond donors (Lipinski definition) is 3. The molecule has 0 saturated heterocycles. The van der Waals surface area contributed by atoms with Crippen molar-refractivity contribution in [1.82, 2.24) is 4.98 Å². The second kappa shape index (κ2) is 5.44. The van der Waals surface area contributed by atoms with E-state index in [4.69, 9.17) is 5.11 Å². The van der Waals surface area contributed by atoms with E-state index in [9.17, 15) is 0 Å². The van der Waals surface area contributed by atoms with Gasteiger partial charge >= 0.3 is 0 Å². The lowest BCUT2D eigenvalue weighted by molar-refractivity contribution is 0.282. The van der Waals surface area contributed by atoms with Gasteiger partial charge in [-0.1, -0.05) is 0 Å². The molecule has 1 atom stereocenters. The van der Waals surface area contributed by atoms with E-state index >= 15 is 0 Å². The van der Waals surface area contributed by atoms with Crippen molar-refractivity contribution in [3.05, 3.63) is 18.5 Å². The van der Waals surface area contributed by atoms with Crippen LogP contribution in [0.2, 0.25) is 0 Å². The number of aromatic nitrogens is 1. The van der Waals surface area contributed by atoms with Crippen molar-refractivity contribution in [2.24, 2.45) is 0 Å². The van der Waals surface area contributed by atoms with Crippen LogP contribution >= 0.6 is 0 Å². The number of rotatable bonds is 5. The summed E-state index contributed by atoms with van der Waals surface area (Å²) in [7, 11) is 1.86. The molecule has 1 unspecified atom stereocenters. The molecular formula is C10H17N3O. The number of anilines is 2. The van der Waals surface area contributed by atoms with Crippen molar-refractivity contribution in [1.29, 1.82) is 0 Å². The van der Waals surface area contributed by atoms with Crippen LogP contribution in [0.15, 0.2) is 18.5 Å². The Kier molecular flexibility index (Phi) is 4.19. The van der Waals surface area contributed by atoms with Gasteiger partial charge in [-0.25, -0.2) is 0 Å². The predicted molar refractivity (Wildman–Crippen MR) is 58.6 cm³/mol. The largest absolute Gasteiger partial charge is 0.396 e. The normalized spacial score (nSPS) is 12.2. The second-order valence-corrected chi connectivity index (χ2v) is 3.27. The fraction of sp³-hybridized carbons (Fsp3) is 0.500. The van der Waals surface area contributed by atoms with Crippen molar-refractivity contribution in [3.8, 4) is 0 Å². The van der Waals surface area contributed by atoms with Crippen molar-refractivity contribution in [2.75, 3.05) is 24.3 Å². The molecule has 0 radical (unpaired) electrons. The summed E-state index contributed by atoms with van der Waals surface area (Å²) in [5.41, 5.74) is 1.95. The van der Waals surface area contributed by atoms with Crippen LogP contribution < -0.4 is 10.6 Å². The lowest BCUT2D eigenvalue weighted by atomic mass is 10.2. The van der Waals surface area contributed by atoms with Crippen molar-refractivity contribution in [2.45, 2.75) is 19.4 Å². The first-order valence-corrected chi connectivity index (χ1v) is 4.76. The van der Waals surface area contributed by atoms with Crippen LogP contribution in [0.25, 0.3) is 0 Å². The molecular weight excluding hydrogens is 178 g/mol. The highest BCUT2D eigenvalue weighted by Crippen LogP contribution is 2.13. The third kappa shape index (κ3) is 3.22. The highest BCUT2D eigenvalue weighted by molar-refractivity contribution is 5.53. The van der Waals surface area contributed by atoms with Gasteiger partial charge in [0, 0.05) is 19.7 Å².